The number of rotatable bonds is 4. The molecule has 0 unspecified atom stereocenters. The minimum Gasteiger partial charge on any atom is -0.340 e. The van der Waals surface area contributed by atoms with Crippen LogP contribution in [0.5, 0.6) is 0 Å². The third kappa shape index (κ3) is 3.81. The van der Waals surface area contributed by atoms with E-state index in [4.69, 9.17) is 0 Å². The van der Waals surface area contributed by atoms with Crippen LogP contribution < -0.4 is 0 Å². The molecule has 0 radical (unpaired) electrons. The summed E-state index contributed by atoms with van der Waals surface area (Å²) in [5.41, 5.74) is 0. The van der Waals surface area contributed by atoms with Crippen molar-refractivity contribution in [1.29, 1.82) is 0 Å². The molecule has 4 fully saturated rings. The summed E-state index contributed by atoms with van der Waals surface area (Å²) < 4.78 is 0. The summed E-state index contributed by atoms with van der Waals surface area (Å²) in [5.74, 6) is 2.12. The summed E-state index contributed by atoms with van der Waals surface area (Å²) in [7, 11) is 4.49. The third-order valence-electron chi connectivity index (χ3n) is 7.68. The molecule has 0 N–H and O–H groups in total. The van der Waals surface area contributed by atoms with Gasteiger partial charge in [0.15, 0.2) is 0 Å². The van der Waals surface area contributed by atoms with E-state index in [-0.39, 0.29) is 0 Å². The molecule has 26 heavy (non-hydrogen) atoms. The molecule has 4 atom stereocenters. The van der Waals surface area contributed by atoms with E-state index in [9.17, 15) is 4.79 Å². The van der Waals surface area contributed by atoms with Crippen LogP contribution in [0.25, 0.3) is 0 Å². The van der Waals surface area contributed by atoms with E-state index in [2.05, 4.69) is 33.7 Å². The van der Waals surface area contributed by atoms with E-state index in [1.165, 1.54) is 51.7 Å². The number of carbonyl (C=O) groups is 1. The zero-order valence-corrected chi connectivity index (χ0v) is 16.9. The third-order valence-corrected chi connectivity index (χ3v) is 7.68. The molecule has 0 aromatic heterocycles. The number of piperidine rings is 3. The number of amides is 1. The predicted octanol–water partition coefficient (Wildman–Crippen LogP) is 1.74. The maximum Gasteiger partial charge on any atom is 0.222 e. The summed E-state index contributed by atoms with van der Waals surface area (Å²) in [4.78, 5) is 22.4. The Morgan fingerprint density at radius 2 is 1.69 bits per heavy atom. The molecule has 5 nitrogen and oxygen atoms in total. The second kappa shape index (κ2) is 8.15. The van der Waals surface area contributed by atoms with Crippen LogP contribution in [0.4, 0.5) is 0 Å². The van der Waals surface area contributed by atoms with Crippen molar-refractivity contribution in [3.05, 3.63) is 0 Å². The van der Waals surface area contributed by atoms with E-state index in [1.807, 2.05) is 0 Å². The standard InChI is InChI=1S/C21H38N4O/c1-22-12-14-24(15-13-22)20(26)9-3-8-19-18-7-5-11-25-10-4-6-17(21(18)25)16-23(19)2/h17-19,21H,3-16H2,1-2H3/t17-,18+,19+,21-/m0/s1. The first-order valence-corrected chi connectivity index (χ1v) is 11.0. The molecule has 148 valence electrons. The van der Waals surface area contributed by atoms with Gasteiger partial charge in [-0.05, 0) is 77.5 Å². The zero-order valence-electron chi connectivity index (χ0n) is 16.9. The molecule has 4 saturated heterocycles. The van der Waals surface area contributed by atoms with Crippen molar-refractivity contribution in [1.82, 2.24) is 19.6 Å². The highest BCUT2D eigenvalue weighted by molar-refractivity contribution is 5.76. The molecule has 0 bridgehead atoms. The van der Waals surface area contributed by atoms with Crippen molar-refractivity contribution >= 4 is 5.91 Å². The van der Waals surface area contributed by atoms with Gasteiger partial charge in [0, 0.05) is 51.2 Å². The lowest BCUT2D eigenvalue weighted by atomic mass is 9.69. The monoisotopic (exact) mass is 362 g/mol. The summed E-state index contributed by atoms with van der Waals surface area (Å²) in [6.45, 7) is 7.82. The number of likely N-dealkylation sites (tertiary alicyclic amines) is 1. The van der Waals surface area contributed by atoms with Crippen molar-refractivity contribution in [3.8, 4) is 0 Å². The smallest absolute Gasteiger partial charge is 0.222 e. The molecule has 4 rings (SSSR count). The Morgan fingerprint density at radius 3 is 2.46 bits per heavy atom. The Balaban J connectivity index is 1.30. The maximum atomic E-state index is 12.6. The first-order valence-electron chi connectivity index (χ1n) is 11.0. The SMILES string of the molecule is CN1CCN(C(=O)CCC[C@@H]2[C@H]3CCCN4CCC[C@@H](CN2C)[C@@H]34)CC1. The molecule has 4 aliphatic rings. The molecule has 0 aliphatic carbocycles. The Hall–Kier alpha value is -0.650. The lowest BCUT2D eigenvalue weighted by molar-refractivity contribution is -0.133. The number of carbonyl (C=O) groups excluding carboxylic acids is 1. The van der Waals surface area contributed by atoms with Crippen LogP contribution in [0.2, 0.25) is 0 Å². The zero-order chi connectivity index (χ0) is 18.1. The number of piperazine rings is 1. The van der Waals surface area contributed by atoms with E-state index in [1.54, 1.807) is 0 Å². The van der Waals surface area contributed by atoms with E-state index in [0.29, 0.717) is 11.9 Å². The highest BCUT2D eigenvalue weighted by atomic mass is 16.2. The summed E-state index contributed by atoms with van der Waals surface area (Å²) in [5, 5.41) is 0. The van der Waals surface area contributed by atoms with E-state index >= 15 is 0 Å². The lowest BCUT2D eigenvalue weighted by Crippen LogP contribution is -2.63. The second-order valence-electron chi connectivity index (χ2n) is 9.32. The van der Waals surface area contributed by atoms with Gasteiger partial charge in [-0.1, -0.05) is 0 Å². The van der Waals surface area contributed by atoms with Crippen LogP contribution in [0.1, 0.15) is 44.9 Å². The molecule has 0 saturated carbocycles. The Bertz CT molecular complexity index is 488. The molecular weight excluding hydrogens is 324 g/mol. The topological polar surface area (TPSA) is 30.0 Å². The van der Waals surface area contributed by atoms with Gasteiger partial charge in [-0.2, -0.15) is 0 Å². The molecule has 4 aliphatic heterocycles. The molecular formula is C21H38N4O. The van der Waals surface area contributed by atoms with Gasteiger partial charge in [0.1, 0.15) is 0 Å². The van der Waals surface area contributed by atoms with Crippen LogP contribution >= 0.6 is 0 Å². The second-order valence-corrected chi connectivity index (χ2v) is 9.32. The quantitative estimate of drug-likeness (QED) is 0.762. The molecule has 0 aromatic carbocycles. The number of hydrogen-bond donors (Lipinski definition) is 0. The van der Waals surface area contributed by atoms with Gasteiger partial charge < -0.3 is 14.7 Å². The molecule has 0 aromatic rings. The number of likely N-dealkylation sites (N-methyl/N-ethyl adjacent to an activating group) is 1. The van der Waals surface area contributed by atoms with Crippen LogP contribution in [0.15, 0.2) is 0 Å². The number of hydrogen-bond acceptors (Lipinski definition) is 4. The molecule has 5 heteroatoms. The van der Waals surface area contributed by atoms with Gasteiger partial charge >= 0.3 is 0 Å². The fourth-order valence-corrected chi connectivity index (χ4v) is 6.32. The number of nitrogens with zero attached hydrogens (tertiary/aromatic N) is 4. The average molecular weight is 363 g/mol. The van der Waals surface area contributed by atoms with Crippen molar-refractivity contribution in [2.45, 2.75) is 57.0 Å². The average Bonchev–Trinajstić information content (AvgIpc) is 2.65. The molecule has 1 amide bonds. The minimum atomic E-state index is 0.386. The predicted molar refractivity (Wildman–Crippen MR) is 105 cm³/mol. The summed E-state index contributed by atoms with van der Waals surface area (Å²) in [6.07, 6.45) is 8.62. The minimum absolute atomic E-state index is 0.386. The Morgan fingerprint density at radius 1 is 0.962 bits per heavy atom. The lowest BCUT2D eigenvalue weighted by Gasteiger charge is -2.57. The Kier molecular flexibility index (Phi) is 5.87. The van der Waals surface area contributed by atoms with Crippen molar-refractivity contribution in [3.63, 3.8) is 0 Å². The van der Waals surface area contributed by atoms with Crippen LogP contribution in [0.3, 0.4) is 0 Å². The van der Waals surface area contributed by atoms with Gasteiger partial charge in [0.2, 0.25) is 5.91 Å². The van der Waals surface area contributed by atoms with Crippen molar-refractivity contribution in [2.24, 2.45) is 11.8 Å². The fraction of sp³-hybridized carbons (Fsp3) is 0.952. The van der Waals surface area contributed by atoms with Crippen molar-refractivity contribution < 1.29 is 4.79 Å². The first kappa shape index (κ1) is 18.7. The highest BCUT2D eigenvalue weighted by Gasteiger charge is 2.47. The molecule has 0 spiro atoms. The van der Waals surface area contributed by atoms with Gasteiger partial charge in [-0.3, -0.25) is 9.69 Å². The molecule has 4 heterocycles. The van der Waals surface area contributed by atoms with Gasteiger partial charge in [0.05, 0.1) is 0 Å². The summed E-state index contributed by atoms with van der Waals surface area (Å²) >= 11 is 0. The van der Waals surface area contributed by atoms with Gasteiger partial charge in [-0.15, -0.1) is 0 Å². The van der Waals surface area contributed by atoms with Crippen molar-refractivity contribution in [2.75, 3.05) is 59.9 Å². The van der Waals surface area contributed by atoms with Crippen LogP contribution in [-0.4, -0.2) is 97.5 Å². The maximum absolute atomic E-state index is 12.6. The summed E-state index contributed by atoms with van der Waals surface area (Å²) in [6, 6.07) is 1.53. The van der Waals surface area contributed by atoms with Crippen LogP contribution in [-0.2, 0) is 4.79 Å². The highest BCUT2D eigenvalue weighted by Crippen LogP contribution is 2.42. The Labute approximate surface area is 159 Å². The van der Waals surface area contributed by atoms with E-state index < -0.39 is 0 Å². The van der Waals surface area contributed by atoms with Gasteiger partial charge in [0.25, 0.3) is 0 Å². The van der Waals surface area contributed by atoms with E-state index in [0.717, 1.165) is 56.9 Å². The van der Waals surface area contributed by atoms with Gasteiger partial charge in [-0.25, -0.2) is 0 Å². The van der Waals surface area contributed by atoms with Crippen LogP contribution in [0, 0.1) is 11.8 Å². The fourth-order valence-electron chi connectivity index (χ4n) is 6.32. The largest absolute Gasteiger partial charge is 0.340 e. The first-order chi connectivity index (χ1) is 12.6. The normalized spacial score (nSPS) is 36.8.